The van der Waals surface area contributed by atoms with Crippen molar-refractivity contribution in [1.82, 2.24) is 19.7 Å². The molecule has 0 N–H and O–H groups in total. The van der Waals surface area contributed by atoms with Crippen LogP contribution in [0.4, 0.5) is 4.39 Å². The number of benzene rings is 1. The Morgan fingerprint density at radius 3 is 2.96 bits per heavy atom. The van der Waals surface area contributed by atoms with E-state index in [4.69, 9.17) is 16.3 Å². The van der Waals surface area contributed by atoms with Gasteiger partial charge in [0, 0.05) is 55.1 Å². The van der Waals surface area contributed by atoms with E-state index in [1.807, 2.05) is 23.9 Å². The van der Waals surface area contributed by atoms with Crippen LogP contribution in [0.5, 0.6) is 5.88 Å². The maximum absolute atomic E-state index is 14.1. The molecule has 1 aromatic carbocycles. The molecule has 0 bridgehead atoms. The Morgan fingerprint density at radius 1 is 1.32 bits per heavy atom. The number of hydrogen-bond acceptors (Lipinski definition) is 4. The molecular weight excluding hydrogens is 383 g/mol. The highest BCUT2D eigenvalue weighted by atomic mass is 35.5. The molecule has 2 aromatic heterocycles. The Morgan fingerprint density at radius 2 is 2.18 bits per heavy atom. The summed E-state index contributed by atoms with van der Waals surface area (Å²) in [6, 6.07) is 9.43. The molecule has 1 aliphatic heterocycles. The molecule has 0 aliphatic carbocycles. The van der Waals surface area contributed by atoms with Gasteiger partial charge in [0.25, 0.3) is 5.91 Å². The van der Waals surface area contributed by atoms with Gasteiger partial charge in [-0.25, -0.2) is 9.37 Å². The summed E-state index contributed by atoms with van der Waals surface area (Å²) in [5.41, 5.74) is 2.70. The van der Waals surface area contributed by atoms with Crippen molar-refractivity contribution in [2.75, 3.05) is 6.54 Å². The van der Waals surface area contributed by atoms with Crippen LogP contribution in [0.25, 0.3) is 0 Å². The second-order valence-electron chi connectivity index (χ2n) is 6.55. The van der Waals surface area contributed by atoms with E-state index in [0.717, 1.165) is 17.0 Å². The maximum Gasteiger partial charge on any atom is 0.257 e. The molecule has 0 spiro atoms. The molecule has 3 aromatic rings. The number of rotatable bonds is 4. The van der Waals surface area contributed by atoms with Crippen molar-refractivity contribution < 1.29 is 13.9 Å². The lowest BCUT2D eigenvalue weighted by molar-refractivity contribution is 0.0727. The van der Waals surface area contributed by atoms with E-state index in [0.29, 0.717) is 30.4 Å². The summed E-state index contributed by atoms with van der Waals surface area (Å²) in [7, 11) is 1.87. The summed E-state index contributed by atoms with van der Waals surface area (Å²) in [4.78, 5) is 18.6. The summed E-state index contributed by atoms with van der Waals surface area (Å²) in [5.74, 6) is -0.456. The second kappa shape index (κ2) is 7.59. The lowest BCUT2D eigenvalue weighted by atomic mass is 10.0. The average molecular weight is 401 g/mol. The fraction of sp³-hybridized carbons (Fsp3) is 0.250. The molecule has 0 unspecified atom stereocenters. The monoisotopic (exact) mass is 400 g/mol. The maximum atomic E-state index is 14.1. The molecule has 0 fully saturated rings. The van der Waals surface area contributed by atoms with Gasteiger partial charge in [0.2, 0.25) is 5.88 Å². The molecule has 0 saturated heterocycles. The number of aryl methyl sites for hydroxylation is 1. The minimum Gasteiger partial charge on any atom is -0.471 e. The van der Waals surface area contributed by atoms with Gasteiger partial charge in [-0.3, -0.25) is 9.48 Å². The van der Waals surface area contributed by atoms with Gasteiger partial charge in [-0.15, -0.1) is 0 Å². The van der Waals surface area contributed by atoms with Crippen molar-refractivity contribution in [3.8, 4) is 5.88 Å². The fourth-order valence-electron chi connectivity index (χ4n) is 3.37. The van der Waals surface area contributed by atoms with Crippen LogP contribution in [0.1, 0.15) is 27.3 Å². The number of fused-ring (bicyclic) bond motifs is 1. The van der Waals surface area contributed by atoms with Crippen molar-refractivity contribution in [3.63, 3.8) is 0 Å². The second-order valence-corrected chi connectivity index (χ2v) is 6.99. The highest BCUT2D eigenvalue weighted by molar-refractivity contribution is 6.31. The van der Waals surface area contributed by atoms with E-state index in [1.54, 1.807) is 17.2 Å². The minimum atomic E-state index is -0.579. The van der Waals surface area contributed by atoms with Crippen LogP contribution in [0.15, 0.2) is 42.6 Å². The number of pyridine rings is 1. The van der Waals surface area contributed by atoms with Crippen LogP contribution in [0.3, 0.4) is 0 Å². The van der Waals surface area contributed by atoms with E-state index in [2.05, 4.69) is 10.1 Å². The summed E-state index contributed by atoms with van der Waals surface area (Å²) in [5, 5.41) is 4.86. The highest BCUT2D eigenvalue weighted by Crippen LogP contribution is 2.25. The number of carbonyl (C=O) groups excluding carboxylic acids is 1. The smallest absolute Gasteiger partial charge is 0.257 e. The van der Waals surface area contributed by atoms with Crippen molar-refractivity contribution in [3.05, 3.63) is 75.9 Å². The lowest BCUT2D eigenvalue weighted by Crippen LogP contribution is -2.37. The molecule has 3 heterocycles. The molecule has 8 heteroatoms. The van der Waals surface area contributed by atoms with Crippen LogP contribution in [-0.4, -0.2) is 32.1 Å². The quantitative estimate of drug-likeness (QED) is 0.673. The van der Waals surface area contributed by atoms with Crippen molar-refractivity contribution >= 4 is 17.5 Å². The van der Waals surface area contributed by atoms with Crippen LogP contribution in [-0.2, 0) is 26.6 Å². The van der Waals surface area contributed by atoms with Crippen LogP contribution >= 0.6 is 11.6 Å². The van der Waals surface area contributed by atoms with E-state index < -0.39 is 5.82 Å². The molecule has 0 saturated carbocycles. The van der Waals surface area contributed by atoms with Crippen LogP contribution in [0.2, 0.25) is 5.02 Å². The third-order valence-corrected chi connectivity index (χ3v) is 5.00. The van der Waals surface area contributed by atoms with E-state index in [1.165, 1.54) is 18.2 Å². The van der Waals surface area contributed by atoms with Gasteiger partial charge in [-0.1, -0.05) is 17.7 Å². The van der Waals surface area contributed by atoms with E-state index >= 15 is 0 Å². The Hall–Kier alpha value is -2.93. The third kappa shape index (κ3) is 3.57. The number of nitrogens with zero attached hydrogens (tertiary/aromatic N) is 4. The SMILES string of the molecule is Cn1nc(COc2ccccn2)c2c1CCN(C(=O)c1cc(Cl)ccc1F)C2. The molecule has 0 atom stereocenters. The first-order chi connectivity index (χ1) is 13.5. The standard InChI is InChI=1S/C20H18ClFN4O2/c1-25-18-7-9-26(20(27)14-10-13(21)5-6-16(14)22)11-15(18)17(24-25)12-28-19-4-2-3-8-23-19/h2-6,8,10H,7,9,11-12H2,1H3. The van der Waals surface area contributed by atoms with Gasteiger partial charge in [0.05, 0.1) is 5.56 Å². The largest absolute Gasteiger partial charge is 0.471 e. The van der Waals surface area contributed by atoms with Gasteiger partial charge >= 0.3 is 0 Å². The third-order valence-electron chi connectivity index (χ3n) is 4.77. The summed E-state index contributed by atoms with van der Waals surface area (Å²) in [6.07, 6.45) is 2.29. The number of ether oxygens (including phenoxy) is 1. The highest BCUT2D eigenvalue weighted by Gasteiger charge is 2.28. The first-order valence-electron chi connectivity index (χ1n) is 8.84. The average Bonchev–Trinajstić information content (AvgIpc) is 3.03. The van der Waals surface area contributed by atoms with Gasteiger partial charge < -0.3 is 9.64 Å². The summed E-state index contributed by atoms with van der Waals surface area (Å²) >= 11 is 5.94. The van der Waals surface area contributed by atoms with Crippen LogP contribution in [0, 0.1) is 5.82 Å². The number of carbonyl (C=O) groups is 1. The predicted molar refractivity (Wildman–Crippen MR) is 102 cm³/mol. The van der Waals surface area contributed by atoms with Gasteiger partial charge in [-0.2, -0.15) is 5.10 Å². The molecule has 0 radical (unpaired) electrons. The Labute approximate surface area is 166 Å². The first-order valence-corrected chi connectivity index (χ1v) is 9.22. The molecule has 144 valence electrons. The number of aromatic nitrogens is 3. The van der Waals surface area contributed by atoms with Gasteiger partial charge in [0.1, 0.15) is 18.1 Å². The zero-order valence-electron chi connectivity index (χ0n) is 15.2. The molecule has 28 heavy (non-hydrogen) atoms. The first kappa shape index (κ1) is 18.4. The number of hydrogen-bond donors (Lipinski definition) is 0. The van der Waals surface area contributed by atoms with Gasteiger partial charge in [-0.05, 0) is 24.3 Å². The van der Waals surface area contributed by atoms with E-state index in [-0.39, 0.29) is 18.1 Å². The molecular formula is C20H18ClFN4O2. The zero-order valence-corrected chi connectivity index (χ0v) is 16.0. The minimum absolute atomic E-state index is 0.0221. The van der Waals surface area contributed by atoms with Crippen LogP contribution < -0.4 is 4.74 Å². The Kier molecular flexibility index (Phi) is 5.00. The molecule has 6 nitrogen and oxygen atoms in total. The molecule has 1 amide bonds. The fourth-order valence-corrected chi connectivity index (χ4v) is 3.54. The zero-order chi connectivity index (χ0) is 19.7. The topological polar surface area (TPSA) is 60.2 Å². The Bertz CT molecular complexity index is 1020. The Balaban J connectivity index is 1.55. The predicted octanol–water partition coefficient (Wildman–Crippen LogP) is 3.39. The molecule has 4 rings (SSSR count). The lowest BCUT2D eigenvalue weighted by Gasteiger charge is -2.28. The number of amides is 1. The number of halogens is 2. The van der Waals surface area contributed by atoms with Gasteiger partial charge in [0.15, 0.2) is 0 Å². The van der Waals surface area contributed by atoms with Crippen molar-refractivity contribution in [2.45, 2.75) is 19.6 Å². The molecule has 1 aliphatic rings. The normalized spacial score (nSPS) is 13.3. The van der Waals surface area contributed by atoms with E-state index in [9.17, 15) is 9.18 Å². The summed E-state index contributed by atoms with van der Waals surface area (Å²) < 4.78 is 21.6. The van der Waals surface area contributed by atoms with Crippen molar-refractivity contribution in [1.29, 1.82) is 0 Å². The van der Waals surface area contributed by atoms with Crippen molar-refractivity contribution in [2.24, 2.45) is 7.05 Å². The summed E-state index contributed by atoms with van der Waals surface area (Å²) in [6.45, 7) is 1.07.